The highest BCUT2D eigenvalue weighted by Gasteiger charge is 2.33. The summed E-state index contributed by atoms with van der Waals surface area (Å²) in [5, 5.41) is 8.73. The van der Waals surface area contributed by atoms with Crippen LogP contribution in [0, 0.1) is 11.3 Å². The maximum atomic E-state index is 11.2. The molecular formula is C8H12N2O. The molecule has 0 aromatic rings. The van der Waals surface area contributed by atoms with Gasteiger partial charge in [-0.05, 0) is 20.3 Å². The quantitative estimate of drug-likeness (QED) is 0.560. The van der Waals surface area contributed by atoms with Crippen molar-refractivity contribution in [1.82, 2.24) is 4.90 Å². The molecule has 1 fully saturated rings. The van der Waals surface area contributed by atoms with E-state index in [1.165, 1.54) is 0 Å². The fourth-order valence-corrected chi connectivity index (χ4v) is 1.30. The Balaban J connectivity index is 2.76. The van der Waals surface area contributed by atoms with Crippen LogP contribution in [-0.4, -0.2) is 22.9 Å². The summed E-state index contributed by atoms with van der Waals surface area (Å²) < 4.78 is 0. The molecule has 3 nitrogen and oxygen atoms in total. The van der Waals surface area contributed by atoms with E-state index in [9.17, 15) is 4.79 Å². The summed E-state index contributed by atoms with van der Waals surface area (Å²) in [5.41, 5.74) is -0.617. The van der Waals surface area contributed by atoms with Gasteiger partial charge in [-0.15, -0.1) is 0 Å². The van der Waals surface area contributed by atoms with E-state index in [0.29, 0.717) is 6.42 Å². The molecule has 0 N–H and O–H groups in total. The van der Waals surface area contributed by atoms with Crippen LogP contribution in [0.15, 0.2) is 0 Å². The first-order valence-corrected chi connectivity index (χ1v) is 3.79. The fraction of sp³-hybridized carbons (Fsp3) is 0.750. The normalized spacial score (nSPS) is 18.6. The Morgan fingerprint density at radius 3 is 2.64 bits per heavy atom. The Morgan fingerprint density at radius 1 is 1.64 bits per heavy atom. The molecule has 3 heteroatoms. The lowest BCUT2D eigenvalue weighted by Crippen LogP contribution is -2.43. The van der Waals surface area contributed by atoms with Crippen molar-refractivity contribution in [3.8, 4) is 6.07 Å². The lowest BCUT2D eigenvalue weighted by molar-refractivity contribution is -0.130. The smallest absolute Gasteiger partial charge is 0.223 e. The summed E-state index contributed by atoms with van der Waals surface area (Å²) in [6.07, 6.45) is 1.50. The Kier molecular flexibility index (Phi) is 1.86. The van der Waals surface area contributed by atoms with Gasteiger partial charge in [0, 0.05) is 13.0 Å². The van der Waals surface area contributed by atoms with Gasteiger partial charge in [0.25, 0.3) is 0 Å². The third-order valence-electron chi connectivity index (χ3n) is 2.02. The molecule has 1 aliphatic rings. The highest BCUT2D eigenvalue weighted by atomic mass is 16.2. The fourth-order valence-electron chi connectivity index (χ4n) is 1.30. The number of carbonyl (C=O) groups is 1. The minimum Gasteiger partial charge on any atom is -0.325 e. The maximum Gasteiger partial charge on any atom is 0.223 e. The number of hydrogen-bond donors (Lipinski definition) is 0. The Morgan fingerprint density at radius 2 is 2.27 bits per heavy atom. The van der Waals surface area contributed by atoms with Crippen molar-refractivity contribution in [1.29, 1.82) is 5.26 Å². The summed E-state index contributed by atoms with van der Waals surface area (Å²) >= 11 is 0. The molecule has 1 aliphatic heterocycles. The second-order valence-electron chi connectivity index (χ2n) is 3.32. The Labute approximate surface area is 66.6 Å². The average molecular weight is 152 g/mol. The van der Waals surface area contributed by atoms with Crippen LogP contribution < -0.4 is 0 Å². The van der Waals surface area contributed by atoms with Gasteiger partial charge in [-0.2, -0.15) is 5.26 Å². The number of nitriles is 1. The summed E-state index contributed by atoms with van der Waals surface area (Å²) in [5.74, 6) is 0.108. The van der Waals surface area contributed by atoms with Gasteiger partial charge in [-0.3, -0.25) is 4.79 Å². The molecule has 1 saturated heterocycles. The van der Waals surface area contributed by atoms with E-state index in [2.05, 4.69) is 6.07 Å². The van der Waals surface area contributed by atoms with E-state index in [4.69, 9.17) is 5.26 Å². The number of likely N-dealkylation sites (tertiary alicyclic amines) is 1. The topological polar surface area (TPSA) is 44.1 Å². The van der Waals surface area contributed by atoms with Crippen molar-refractivity contribution >= 4 is 5.91 Å². The van der Waals surface area contributed by atoms with Crippen LogP contribution in [0.2, 0.25) is 0 Å². The third-order valence-corrected chi connectivity index (χ3v) is 2.02. The minimum atomic E-state index is -0.617. The minimum absolute atomic E-state index is 0.108. The molecule has 0 saturated carbocycles. The lowest BCUT2D eigenvalue weighted by Gasteiger charge is -2.28. The van der Waals surface area contributed by atoms with Crippen LogP contribution in [0.25, 0.3) is 0 Å². The molecule has 1 heterocycles. The molecule has 60 valence electrons. The van der Waals surface area contributed by atoms with Gasteiger partial charge in [-0.25, -0.2) is 0 Å². The van der Waals surface area contributed by atoms with E-state index in [1.54, 1.807) is 18.7 Å². The molecule has 0 radical (unpaired) electrons. The number of hydrogen-bond acceptors (Lipinski definition) is 2. The molecular weight excluding hydrogens is 140 g/mol. The maximum absolute atomic E-state index is 11.2. The predicted molar refractivity (Wildman–Crippen MR) is 40.6 cm³/mol. The van der Waals surface area contributed by atoms with Gasteiger partial charge in [-0.1, -0.05) is 0 Å². The first kappa shape index (κ1) is 8.06. The highest BCUT2D eigenvalue weighted by molar-refractivity contribution is 5.79. The van der Waals surface area contributed by atoms with Crippen molar-refractivity contribution in [2.45, 2.75) is 32.2 Å². The van der Waals surface area contributed by atoms with E-state index >= 15 is 0 Å². The van der Waals surface area contributed by atoms with Crippen molar-refractivity contribution in [3.63, 3.8) is 0 Å². The van der Waals surface area contributed by atoms with Crippen molar-refractivity contribution in [3.05, 3.63) is 0 Å². The van der Waals surface area contributed by atoms with E-state index in [1.807, 2.05) is 0 Å². The highest BCUT2D eigenvalue weighted by Crippen LogP contribution is 2.20. The molecule has 11 heavy (non-hydrogen) atoms. The van der Waals surface area contributed by atoms with Crippen molar-refractivity contribution < 1.29 is 4.79 Å². The largest absolute Gasteiger partial charge is 0.325 e. The summed E-state index contributed by atoms with van der Waals surface area (Å²) in [4.78, 5) is 12.8. The zero-order valence-corrected chi connectivity index (χ0v) is 6.92. The monoisotopic (exact) mass is 152 g/mol. The van der Waals surface area contributed by atoms with Gasteiger partial charge in [0.15, 0.2) is 0 Å². The molecule has 0 aromatic heterocycles. The van der Waals surface area contributed by atoms with Crippen LogP contribution in [0.5, 0.6) is 0 Å². The van der Waals surface area contributed by atoms with Crippen LogP contribution in [-0.2, 0) is 4.79 Å². The van der Waals surface area contributed by atoms with Crippen LogP contribution in [0.4, 0.5) is 0 Å². The second kappa shape index (κ2) is 2.54. The molecule has 0 aromatic carbocycles. The lowest BCUT2D eigenvalue weighted by atomic mass is 10.1. The SMILES string of the molecule is CC(C)(C#N)N1CCCC1=O. The molecule has 0 unspecified atom stereocenters. The molecule has 0 spiro atoms. The number of rotatable bonds is 1. The van der Waals surface area contributed by atoms with Crippen molar-refractivity contribution in [2.75, 3.05) is 6.54 Å². The number of nitrogens with zero attached hydrogens (tertiary/aromatic N) is 2. The molecule has 0 aliphatic carbocycles. The zero-order chi connectivity index (χ0) is 8.48. The Bertz CT molecular complexity index is 215. The number of amides is 1. The second-order valence-corrected chi connectivity index (χ2v) is 3.32. The zero-order valence-electron chi connectivity index (χ0n) is 6.92. The van der Waals surface area contributed by atoms with Gasteiger partial charge in [0.05, 0.1) is 6.07 Å². The van der Waals surface area contributed by atoms with E-state index in [0.717, 1.165) is 13.0 Å². The van der Waals surface area contributed by atoms with Crippen molar-refractivity contribution in [2.24, 2.45) is 0 Å². The van der Waals surface area contributed by atoms with E-state index in [-0.39, 0.29) is 5.91 Å². The van der Waals surface area contributed by atoms with Gasteiger partial charge < -0.3 is 4.90 Å². The standard InChI is InChI=1S/C8H12N2O/c1-8(2,6-9)10-5-3-4-7(10)11/h3-5H2,1-2H3. The summed E-state index contributed by atoms with van der Waals surface area (Å²) in [6, 6.07) is 2.12. The molecule has 1 rings (SSSR count). The predicted octanol–water partition coefficient (Wildman–Crippen LogP) is 0.911. The van der Waals surface area contributed by atoms with Crippen LogP contribution in [0.1, 0.15) is 26.7 Å². The van der Waals surface area contributed by atoms with Gasteiger partial charge in [0.2, 0.25) is 5.91 Å². The van der Waals surface area contributed by atoms with E-state index < -0.39 is 5.54 Å². The third kappa shape index (κ3) is 1.35. The Hall–Kier alpha value is -1.04. The van der Waals surface area contributed by atoms with Crippen LogP contribution in [0.3, 0.4) is 0 Å². The average Bonchev–Trinajstić information content (AvgIpc) is 2.36. The molecule has 0 atom stereocenters. The summed E-state index contributed by atoms with van der Waals surface area (Å²) in [6.45, 7) is 4.28. The first-order chi connectivity index (χ1) is 5.08. The number of carbonyl (C=O) groups excluding carboxylic acids is 1. The van der Waals surface area contributed by atoms with Gasteiger partial charge in [0.1, 0.15) is 5.54 Å². The van der Waals surface area contributed by atoms with Gasteiger partial charge >= 0.3 is 0 Å². The van der Waals surface area contributed by atoms with Crippen LogP contribution >= 0.6 is 0 Å². The first-order valence-electron chi connectivity index (χ1n) is 3.79. The molecule has 1 amide bonds. The molecule has 0 bridgehead atoms. The summed E-state index contributed by atoms with van der Waals surface area (Å²) in [7, 11) is 0.